The molecule has 0 heterocycles. The molecule has 0 unspecified atom stereocenters. The molecule has 1 rings (SSSR count). The van der Waals surface area contributed by atoms with Gasteiger partial charge in [-0.25, -0.2) is 0 Å². The molecule has 88 valence electrons. The maximum absolute atomic E-state index is 11.8. The van der Waals surface area contributed by atoms with Gasteiger partial charge in [0.2, 0.25) is 0 Å². The third kappa shape index (κ3) is 3.68. The zero-order valence-electron chi connectivity index (χ0n) is 7.78. The summed E-state index contributed by atoms with van der Waals surface area (Å²) in [6, 6.07) is 2.91. The number of hydrogen-bond acceptors (Lipinski definition) is 3. The Labute approximate surface area is 87.9 Å². The summed E-state index contributed by atoms with van der Waals surface area (Å²) >= 11 is 0. The van der Waals surface area contributed by atoms with Crippen LogP contribution in [0.5, 0.6) is 11.5 Å². The minimum atomic E-state index is -4.90. The summed E-state index contributed by atoms with van der Waals surface area (Å²) in [5, 5.41) is 17.6. The zero-order valence-corrected chi connectivity index (χ0v) is 7.78. The summed E-state index contributed by atoms with van der Waals surface area (Å²) in [4.78, 5) is 10.3. The number of rotatable bonds is 3. The topological polar surface area (TPSA) is 66.8 Å². The quantitative estimate of drug-likeness (QED) is 0.841. The minimum absolute atomic E-state index is 0.180. The average Bonchev–Trinajstić information content (AvgIpc) is 2.06. The number of phenolic OH excluding ortho intramolecular Hbond substituents is 1. The Hall–Kier alpha value is -1.92. The highest BCUT2D eigenvalue weighted by Gasteiger charge is 2.32. The summed E-state index contributed by atoms with van der Waals surface area (Å²) in [6.45, 7) is 0. The molecule has 0 aromatic heterocycles. The first-order chi connectivity index (χ1) is 7.28. The highest BCUT2D eigenvalue weighted by atomic mass is 19.4. The fourth-order valence-electron chi connectivity index (χ4n) is 1.06. The molecule has 0 saturated carbocycles. The summed E-state index contributed by atoms with van der Waals surface area (Å²) in [6.07, 6.45) is -5.29. The predicted octanol–water partition coefficient (Wildman–Crippen LogP) is 1.92. The monoisotopic (exact) mass is 236 g/mol. The third-order valence-corrected chi connectivity index (χ3v) is 1.60. The molecule has 7 heteroatoms. The molecule has 16 heavy (non-hydrogen) atoms. The van der Waals surface area contributed by atoms with E-state index in [1.165, 1.54) is 0 Å². The van der Waals surface area contributed by atoms with Gasteiger partial charge in [0.25, 0.3) is 0 Å². The van der Waals surface area contributed by atoms with Crippen molar-refractivity contribution in [1.82, 2.24) is 0 Å². The second-order valence-corrected chi connectivity index (χ2v) is 2.92. The Morgan fingerprint density at radius 2 is 2.00 bits per heavy atom. The number of phenols is 1. The van der Waals surface area contributed by atoms with Crippen LogP contribution < -0.4 is 4.74 Å². The lowest BCUT2D eigenvalue weighted by molar-refractivity contribution is -0.275. The van der Waals surface area contributed by atoms with Crippen molar-refractivity contribution in [3.8, 4) is 11.5 Å². The van der Waals surface area contributed by atoms with Crippen LogP contribution in [0, 0.1) is 0 Å². The van der Waals surface area contributed by atoms with Crippen molar-refractivity contribution in [3.05, 3.63) is 23.8 Å². The minimum Gasteiger partial charge on any atom is -0.504 e. The highest BCUT2D eigenvalue weighted by molar-refractivity contribution is 5.70. The van der Waals surface area contributed by atoms with Crippen molar-refractivity contribution in [2.75, 3.05) is 0 Å². The van der Waals surface area contributed by atoms with Crippen LogP contribution >= 0.6 is 0 Å². The molecule has 1 aromatic carbocycles. The molecule has 0 aliphatic carbocycles. The van der Waals surface area contributed by atoms with Crippen LogP contribution in [0.1, 0.15) is 5.56 Å². The van der Waals surface area contributed by atoms with Gasteiger partial charge in [0.1, 0.15) is 0 Å². The van der Waals surface area contributed by atoms with E-state index in [1.54, 1.807) is 0 Å². The van der Waals surface area contributed by atoms with Crippen LogP contribution in [0.4, 0.5) is 13.2 Å². The molecule has 0 aliphatic heterocycles. The number of aromatic hydroxyl groups is 1. The van der Waals surface area contributed by atoms with Gasteiger partial charge >= 0.3 is 12.3 Å². The molecule has 2 N–H and O–H groups in total. The maximum atomic E-state index is 11.8. The standard InChI is InChI=1S/C9H7F3O4/c10-9(11,12)16-7-2-1-5(3-6(7)13)4-8(14)15/h1-3,13H,4H2,(H,14,15). The van der Waals surface area contributed by atoms with Gasteiger partial charge in [0.15, 0.2) is 11.5 Å². The maximum Gasteiger partial charge on any atom is 0.573 e. The number of carboxylic acid groups (broad SMARTS) is 1. The molecule has 0 radical (unpaired) electrons. The Morgan fingerprint density at radius 3 is 2.44 bits per heavy atom. The van der Waals surface area contributed by atoms with Crippen molar-refractivity contribution < 1.29 is 32.9 Å². The van der Waals surface area contributed by atoms with Crippen molar-refractivity contribution in [2.45, 2.75) is 12.8 Å². The normalized spacial score (nSPS) is 11.2. The van der Waals surface area contributed by atoms with E-state index in [0.717, 1.165) is 18.2 Å². The number of aliphatic carboxylic acids is 1. The van der Waals surface area contributed by atoms with Crippen LogP contribution in [0.2, 0.25) is 0 Å². The van der Waals surface area contributed by atoms with Gasteiger partial charge in [-0.15, -0.1) is 13.2 Å². The van der Waals surface area contributed by atoms with E-state index >= 15 is 0 Å². The molecular weight excluding hydrogens is 229 g/mol. The first-order valence-electron chi connectivity index (χ1n) is 4.07. The van der Waals surface area contributed by atoms with E-state index in [1.807, 2.05) is 0 Å². The lowest BCUT2D eigenvalue weighted by Crippen LogP contribution is -2.17. The van der Waals surface area contributed by atoms with Crippen LogP contribution in [0.25, 0.3) is 0 Å². The van der Waals surface area contributed by atoms with Crippen LogP contribution in [0.15, 0.2) is 18.2 Å². The van der Waals surface area contributed by atoms with Gasteiger partial charge in [0.05, 0.1) is 6.42 Å². The second-order valence-electron chi connectivity index (χ2n) is 2.92. The molecular formula is C9H7F3O4. The highest BCUT2D eigenvalue weighted by Crippen LogP contribution is 2.31. The molecule has 0 amide bonds. The van der Waals surface area contributed by atoms with E-state index in [2.05, 4.69) is 4.74 Å². The smallest absolute Gasteiger partial charge is 0.504 e. The third-order valence-electron chi connectivity index (χ3n) is 1.60. The Morgan fingerprint density at radius 1 is 1.38 bits per heavy atom. The van der Waals surface area contributed by atoms with E-state index in [-0.39, 0.29) is 12.0 Å². The molecule has 0 aliphatic rings. The van der Waals surface area contributed by atoms with Gasteiger partial charge < -0.3 is 14.9 Å². The predicted molar refractivity (Wildman–Crippen MR) is 46.1 cm³/mol. The van der Waals surface area contributed by atoms with Gasteiger partial charge in [-0.2, -0.15) is 0 Å². The molecule has 0 saturated heterocycles. The Bertz CT molecular complexity index is 400. The summed E-state index contributed by atoms with van der Waals surface area (Å²) < 4.78 is 38.9. The van der Waals surface area contributed by atoms with Gasteiger partial charge in [-0.1, -0.05) is 6.07 Å². The lowest BCUT2D eigenvalue weighted by atomic mass is 10.1. The van der Waals surface area contributed by atoms with Gasteiger partial charge in [0, 0.05) is 0 Å². The molecule has 0 bridgehead atoms. The Balaban J connectivity index is 2.87. The van der Waals surface area contributed by atoms with E-state index in [4.69, 9.17) is 10.2 Å². The number of carboxylic acids is 1. The van der Waals surface area contributed by atoms with E-state index in [9.17, 15) is 18.0 Å². The van der Waals surface area contributed by atoms with E-state index in [0.29, 0.717) is 0 Å². The molecule has 0 spiro atoms. The number of ether oxygens (including phenoxy) is 1. The first kappa shape index (κ1) is 12.2. The molecule has 4 nitrogen and oxygen atoms in total. The SMILES string of the molecule is O=C(O)Cc1ccc(OC(F)(F)F)c(O)c1. The first-order valence-corrected chi connectivity index (χ1v) is 4.07. The largest absolute Gasteiger partial charge is 0.573 e. The summed E-state index contributed by atoms with van der Waals surface area (Å²) in [7, 11) is 0. The van der Waals surface area contributed by atoms with E-state index < -0.39 is 23.8 Å². The van der Waals surface area contributed by atoms with Crippen LogP contribution in [-0.4, -0.2) is 22.5 Å². The molecule has 0 atom stereocenters. The second kappa shape index (κ2) is 4.30. The Kier molecular flexibility index (Phi) is 3.26. The van der Waals surface area contributed by atoms with Crippen LogP contribution in [-0.2, 0) is 11.2 Å². The number of halogens is 3. The number of benzene rings is 1. The fraction of sp³-hybridized carbons (Fsp3) is 0.222. The van der Waals surface area contributed by atoms with Crippen molar-refractivity contribution in [1.29, 1.82) is 0 Å². The fourth-order valence-corrected chi connectivity index (χ4v) is 1.06. The molecule has 1 aromatic rings. The van der Waals surface area contributed by atoms with Gasteiger partial charge in [-0.3, -0.25) is 4.79 Å². The van der Waals surface area contributed by atoms with Crippen molar-refractivity contribution >= 4 is 5.97 Å². The van der Waals surface area contributed by atoms with Crippen LogP contribution in [0.3, 0.4) is 0 Å². The average molecular weight is 236 g/mol. The van der Waals surface area contributed by atoms with Crippen molar-refractivity contribution in [3.63, 3.8) is 0 Å². The van der Waals surface area contributed by atoms with Gasteiger partial charge in [-0.05, 0) is 17.7 Å². The number of alkyl halides is 3. The zero-order chi connectivity index (χ0) is 12.3. The lowest BCUT2D eigenvalue weighted by Gasteiger charge is -2.10. The number of carbonyl (C=O) groups is 1. The van der Waals surface area contributed by atoms with Crippen molar-refractivity contribution in [2.24, 2.45) is 0 Å². The summed E-state index contributed by atoms with van der Waals surface area (Å²) in [5.74, 6) is -2.67. The summed E-state index contributed by atoms with van der Waals surface area (Å²) in [5.41, 5.74) is 0.180. The molecule has 0 fully saturated rings. The number of hydrogen-bond donors (Lipinski definition) is 2.